The summed E-state index contributed by atoms with van der Waals surface area (Å²) in [5.74, 6) is -0.663. The number of carbonyl (C=O) groups excluding carboxylic acids is 1. The maximum absolute atomic E-state index is 13.0. The number of aldehydes is 1. The second-order valence-corrected chi connectivity index (χ2v) is 4.96. The topological polar surface area (TPSA) is 52.6 Å². The molecule has 1 aromatic carbocycles. The third-order valence-electron chi connectivity index (χ3n) is 1.84. The molecule has 82 valence electrons. The first-order valence-corrected chi connectivity index (χ1v) is 5.58. The minimum Gasteiger partial charge on any atom is -0.309 e. The van der Waals surface area contributed by atoms with Crippen LogP contribution in [0.15, 0.2) is 18.2 Å². The summed E-state index contributed by atoms with van der Waals surface area (Å²) in [7, 11) is -1.12. The van der Waals surface area contributed by atoms with Crippen LogP contribution in [0.5, 0.6) is 0 Å². The van der Waals surface area contributed by atoms with Crippen molar-refractivity contribution in [1.82, 2.24) is 0 Å². The van der Waals surface area contributed by atoms with Gasteiger partial charge in [-0.05, 0) is 18.2 Å². The lowest BCUT2D eigenvalue weighted by Gasteiger charge is -2.13. The van der Waals surface area contributed by atoms with Gasteiger partial charge in [-0.2, -0.15) is 0 Å². The number of hydrogen-bond acceptors (Lipinski definition) is 4. The van der Waals surface area contributed by atoms with Crippen molar-refractivity contribution in [2.75, 3.05) is 14.2 Å². The molecule has 0 saturated carbocycles. The van der Waals surface area contributed by atoms with Gasteiger partial charge in [0.2, 0.25) is 0 Å². The van der Waals surface area contributed by atoms with Crippen LogP contribution in [-0.4, -0.2) is 20.5 Å². The number of hydrogen-bond donors (Lipinski definition) is 0. The lowest BCUT2D eigenvalue weighted by molar-refractivity contribution is 0.112. The summed E-state index contributed by atoms with van der Waals surface area (Å²) in [6.07, 6.45) is 0.461. The number of rotatable bonds is 4. The van der Waals surface area contributed by atoms with Crippen molar-refractivity contribution in [2.24, 2.45) is 0 Å². The lowest BCUT2D eigenvalue weighted by atomic mass is 10.2. The molecule has 15 heavy (non-hydrogen) atoms. The van der Waals surface area contributed by atoms with E-state index in [9.17, 15) is 13.8 Å². The summed E-state index contributed by atoms with van der Waals surface area (Å²) in [6, 6.07) is 3.32. The molecule has 0 atom stereocenters. The molecule has 1 aromatic rings. The maximum atomic E-state index is 13.0. The molecule has 0 heterocycles. The highest BCUT2D eigenvalue weighted by Crippen LogP contribution is 2.45. The number of benzene rings is 1. The molecule has 0 aliphatic carbocycles. The van der Waals surface area contributed by atoms with Crippen molar-refractivity contribution in [3.8, 4) is 0 Å². The standard InChI is InChI=1S/C9H10FO4P/c1-13-15(12,14-2)9-4-7(6-11)3-8(10)5-9/h3-6H,1-2H3. The molecule has 0 saturated heterocycles. The average molecular weight is 232 g/mol. The van der Waals surface area contributed by atoms with E-state index >= 15 is 0 Å². The SMILES string of the molecule is COP(=O)(OC)c1cc(F)cc(C=O)c1. The Hall–Kier alpha value is -1.03. The fourth-order valence-corrected chi connectivity index (χ4v) is 2.27. The highest BCUT2D eigenvalue weighted by Gasteiger charge is 2.25. The van der Waals surface area contributed by atoms with Crippen LogP contribution in [0.4, 0.5) is 4.39 Å². The Labute approximate surface area is 86.5 Å². The molecule has 0 N–H and O–H groups in total. The fourth-order valence-electron chi connectivity index (χ4n) is 1.11. The average Bonchev–Trinajstić information content (AvgIpc) is 2.27. The van der Waals surface area contributed by atoms with E-state index in [1.807, 2.05) is 0 Å². The van der Waals surface area contributed by atoms with Gasteiger partial charge in [-0.1, -0.05) is 0 Å². The van der Waals surface area contributed by atoms with Crippen LogP contribution in [0.25, 0.3) is 0 Å². The van der Waals surface area contributed by atoms with Crippen molar-refractivity contribution in [3.05, 3.63) is 29.6 Å². The van der Waals surface area contributed by atoms with Crippen molar-refractivity contribution >= 4 is 19.2 Å². The van der Waals surface area contributed by atoms with Gasteiger partial charge in [-0.25, -0.2) is 4.39 Å². The highest BCUT2D eigenvalue weighted by atomic mass is 31.2. The highest BCUT2D eigenvalue weighted by molar-refractivity contribution is 7.62. The van der Waals surface area contributed by atoms with E-state index < -0.39 is 13.4 Å². The van der Waals surface area contributed by atoms with Crippen LogP contribution in [0, 0.1) is 5.82 Å². The molecular weight excluding hydrogens is 222 g/mol. The first kappa shape index (κ1) is 12.0. The first-order valence-electron chi connectivity index (χ1n) is 4.03. The van der Waals surface area contributed by atoms with Gasteiger partial charge < -0.3 is 9.05 Å². The molecule has 0 aliphatic heterocycles. The first-order chi connectivity index (χ1) is 7.05. The monoisotopic (exact) mass is 232 g/mol. The van der Waals surface area contributed by atoms with Gasteiger partial charge in [-0.15, -0.1) is 0 Å². The minimum atomic E-state index is -3.50. The Morgan fingerprint density at radius 2 is 1.87 bits per heavy atom. The summed E-state index contributed by atoms with van der Waals surface area (Å²) in [5.41, 5.74) is 0.0827. The number of halogens is 1. The Morgan fingerprint density at radius 1 is 1.27 bits per heavy atom. The van der Waals surface area contributed by atoms with Crippen LogP contribution in [0.1, 0.15) is 10.4 Å². The predicted octanol–water partition coefficient (Wildman–Crippen LogP) is 1.75. The fraction of sp³-hybridized carbons (Fsp3) is 0.222. The Bertz CT molecular complexity index is 411. The molecule has 6 heteroatoms. The molecule has 0 fully saturated rings. The molecule has 4 nitrogen and oxygen atoms in total. The molecule has 0 spiro atoms. The van der Waals surface area contributed by atoms with Gasteiger partial charge in [-0.3, -0.25) is 9.36 Å². The lowest BCUT2D eigenvalue weighted by Crippen LogP contribution is -2.09. The summed E-state index contributed by atoms with van der Waals surface area (Å²) >= 11 is 0. The third kappa shape index (κ3) is 2.50. The number of carbonyl (C=O) groups is 1. The van der Waals surface area contributed by atoms with E-state index in [2.05, 4.69) is 9.05 Å². The van der Waals surface area contributed by atoms with E-state index in [0.717, 1.165) is 12.1 Å². The second kappa shape index (κ2) is 4.66. The van der Waals surface area contributed by atoms with Crippen LogP contribution in [0.3, 0.4) is 0 Å². The van der Waals surface area contributed by atoms with Crippen molar-refractivity contribution in [1.29, 1.82) is 0 Å². The zero-order valence-electron chi connectivity index (χ0n) is 8.27. The van der Waals surface area contributed by atoms with Crippen LogP contribution >= 0.6 is 7.60 Å². The summed E-state index contributed by atoms with van der Waals surface area (Å²) in [5, 5.41) is 0.0228. The van der Waals surface area contributed by atoms with E-state index in [4.69, 9.17) is 0 Å². The minimum absolute atomic E-state index is 0.0228. The van der Waals surface area contributed by atoms with Crippen molar-refractivity contribution < 1.29 is 22.8 Å². The van der Waals surface area contributed by atoms with Crippen molar-refractivity contribution in [3.63, 3.8) is 0 Å². The summed E-state index contributed by atoms with van der Waals surface area (Å²) in [6.45, 7) is 0. The summed E-state index contributed by atoms with van der Waals surface area (Å²) < 4.78 is 34.2. The normalized spacial score (nSPS) is 11.4. The molecule has 0 unspecified atom stereocenters. The zero-order chi connectivity index (χ0) is 11.5. The molecular formula is C9H10FO4P. The molecule has 0 bridgehead atoms. The van der Waals surface area contributed by atoms with E-state index in [1.165, 1.54) is 20.3 Å². The quantitative estimate of drug-likeness (QED) is 0.586. The molecule has 0 aromatic heterocycles. The van der Waals surface area contributed by atoms with E-state index in [0.29, 0.717) is 6.29 Å². The van der Waals surface area contributed by atoms with Gasteiger partial charge >= 0.3 is 7.60 Å². The van der Waals surface area contributed by atoms with E-state index in [-0.39, 0.29) is 10.9 Å². The largest absolute Gasteiger partial charge is 0.360 e. The Morgan fingerprint density at radius 3 is 2.33 bits per heavy atom. The Balaban J connectivity index is 3.30. The van der Waals surface area contributed by atoms with Gasteiger partial charge in [0.1, 0.15) is 12.1 Å². The van der Waals surface area contributed by atoms with Gasteiger partial charge in [0, 0.05) is 19.8 Å². The smallest absolute Gasteiger partial charge is 0.309 e. The van der Waals surface area contributed by atoms with Crippen LogP contribution < -0.4 is 5.30 Å². The van der Waals surface area contributed by atoms with Crippen LogP contribution in [-0.2, 0) is 13.6 Å². The van der Waals surface area contributed by atoms with Gasteiger partial charge in [0.25, 0.3) is 0 Å². The van der Waals surface area contributed by atoms with E-state index in [1.54, 1.807) is 0 Å². The predicted molar refractivity (Wildman–Crippen MR) is 53.0 cm³/mol. The molecule has 0 aliphatic rings. The summed E-state index contributed by atoms with van der Waals surface area (Å²) in [4.78, 5) is 10.5. The molecule has 0 amide bonds. The van der Waals surface area contributed by atoms with Crippen molar-refractivity contribution in [2.45, 2.75) is 0 Å². The molecule has 1 rings (SSSR count). The third-order valence-corrected chi connectivity index (χ3v) is 3.69. The van der Waals surface area contributed by atoms with Gasteiger partial charge in [0.15, 0.2) is 0 Å². The molecule has 0 radical (unpaired) electrons. The maximum Gasteiger partial charge on any atom is 0.360 e. The second-order valence-electron chi connectivity index (χ2n) is 2.72. The zero-order valence-corrected chi connectivity index (χ0v) is 9.16. The van der Waals surface area contributed by atoms with Crippen LogP contribution in [0.2, 0.25) is 0 Å². The van der Waals surface area contributed by atoms with Gasteiger partial charge in [0.05, 0.1) is 5.30 Å². The Kier molecular flexibility index (Phi) is 3.74.